The van der Waals surface area contributed by atoms with Gasteiger partial charge in [0.1, 0.15) is 0 Å². The third kappa shape index (κ3) is 4.08. The molecule has 0 aliphatic carbocycles. The highest BCUT2D eigenvalue weighted by Gasteiger charge is 2.19. The van der Waals surface area contributed by atoms with E-state index >= 15 is 0 Å². The molecule has 1 aromatic heterocycles. The van der Waals surface area contributed by atoms with Gasteiger partial charge in [-0.15, -0.1) is 0 Å². The predicted octanol–water partition coefficient (Wildman–Crippen LogP) is 4.11. The molecule has 1 aromatic rings. The van der Waals surface area contributed by atoms with E-state index in [9.17, 15) is 0 Å². The molecular weight excluding hydrogens is 246 g/mol. The lowest BCUT2D eigenvalue weighted by Gasteiger charge is -2.17. The van der Waals surface area contributed by atoms with Crippen LogP contribution >= 0.6 is 0 Å². The van der Waals surface area contributed by atoms with Gasteiger partial charge < -0.3 is 5.32 Å². The van der Waals surface area contributed by atoms with Crippen LogP contribution in [0.1, 0.15) is 77.4 Å². The maximum absolute atomic E-state index is 4.92. The smallest absolute Gasteiger partial charge is 0.0669 e. The average molecular weight is 279 g/mol. The molecule has 0 saturated heterocycles. The summed E-state index contributed by atoms with van der Waals surface area (Å²) in [5.74, 6) is 0.694. The molecule has 1 N–H and O–H groups in total. The number of nitrogens with one attached hydrogen (secondary N) is 1. The highest BCUT2D eigenvalue weighted by molar-refractivity contribution is 5.27. The average Bonchev–Trinajstić information content (AvgIpc) is 2.78. The van der Waals surface area contributed by atoms with Crippen LogP contribution < -0.4 is 5.32 Å². The van der Waals surface area contributed by atoms with Gasteiger partial charge in [0.15, 0.2) is 0 Å². The first kappa shape index (κ1) is 17.2. The predicted molar refractivity (Wildman–Crippen MR) is 87.1 cm³/mol. The van der Waals surface area contributed by atoms with Gasteiger partial charge >= 0.3 is 0 Å². The van der Waals surface area contributed by atoms with E-state index in [1.54, 1.807) is 0 Å². The lowest BCUT2D eigenvalue weighted by Crippen LogP contribution is -2.20. The fourth-order valence-electron chi connectivity index (χ4n) is 2.84. The van der Waals surface area contributed by atoms with Gasteiger partial charge in [0.2, 0.25) is 0 Å². The largest absolute Gasteiger partial charge is 0.312 e. The molecule has 0 saturated carbocycles. The standard InChI is InChI=1S/C17H33N3/c1-7-14(8-2)20-17(10-4)15(16(9-3)19-20)12-18-11-13(5)6/h13-14,18H,7-12H2,1-6H3. The first-order valence-corrected chi connectivity index (χ1v) is 8.38. The Morgan fingerprint density at radius 1 is 1.05 bits per heavy atom. The third-order valence-electron chi connectivity index (χ3n) is 4.01. The van der Waals surface area contributed by atoms with E-state index in [1.165, 1.54) is 17.0 Å². The van der Waals surface area contributed by atoms with Crippen molar-refractivity contribution in [3.05, 3.63) is 17.0 Å². The van der Waals surface area contributed by atoms with E-state index in [4.69, 9.17) is 5.10 Å². The van der Waals surface area contributed by atoms with Crippen LogP contribution in [0.5, 0.6) is 0 Å². The Kier molecular flexibility index (Phi) is 7.28. The molecule has 0 atom stereocenters. The zero-order valence-electron chi connectivity index (χ0n) is 14.3. The SMILES string of the molecule is CCc1nn(C(CC)CC)c(CC)c1CNCC(C)C. The van der Waals surface area contributed by atoms with E-state index in [-0.39, 0.29) is 0 Å². The summed E-state index contributed by atoms with van der Waals surface area (Å²) in [6, 6.07) is 0.550. The second-order valence-corrected chi connectivity index (χ2v) is 6.02. The second kappa shape index (κ2) is 8.46. The summed E-state index contributed by atoms with van der Waals surface area (Å²) in [6.45, 7) is 15.5. The van der Waals surface area contributed by atoms with Gasteiger partial charge in [-0.25, -0.2) is 0 Å². The van der Waals surface area contributed by atoms with Crippen molar-refractivity contribution in [1.29, 1.82) is 0 Å². The van der Waals surface area contributed by atoms with Gasteiger partial charge in [-0.2, -0.15) is 5.10 Å². The van der Waals surface area contributed by atoms with E-state index in [0.29, 0.717) is 12.0 Å². The van der Waals surface area contributed by atoms with Crippen molar-refractivity contribution >= 4 is 0 Å². The minimum atomic E-state index is 0.550. The van der Waals surface area contributed by atoms with Crippen molar-refractivity contribution in [2.24, 2.45) is 5.92 Å². The Hall–Kier alpha value is -0.830. The van der Waals surface area contributed by atoms with Crippen LogP contribution in [0.4, 0.5) is 0 Å². The number of nitrogens with zero attached hydrogens (tertiary/aromatic N) is 2. The molecule has 1 heterocycles. The molecule has 0 aliphatic rings. The molecule has 3 heteroatoms. The zero-order chi connectivity index (χ0) is 15.1. The van der Waals surface area contributed by atoms with E-state index in [2.05, 4.69) is 51.5 Å². The number of hydrogen-bond donors (Lipinski definition) is 1. The third-order valence-corrected chi connectivity index (χ3v) is 4.01. The van der Waals surface area contributed by atoms with Crippen molar-refractivity contribution in [1.82, 2.24) is 15.1 Å². The normalized spacial score (nSPS) is 11.8. The van der Waals surface area contributed by atoms with Gasteiger partial charge in [0, 0.05) is 17.8 Å². The zero-order valence-corrected chi connectivity index (χ0v) is 14.3. The molecule has 3 nitrogen and oxygen atoms in total. The van der Waals surface area contributed by atoms with Gasteiger partial charge in [0.25, 0.3) is 0 Å². The maximum atomic E-state index is 4.92. The Balaban J connectivity index is 3.01. The van der Waals surface area contributed by atoms with Gasteiger partial charge in [-0.3, -0.25) is 4.68 Å². The summed E-state index contributed by atoms with van der Waals surface area (Å²) in [5, 5.41) is 8.50. The molecule has 0 spiro atoms. The van der Waals surface area contributed by atoms with Crippen molar-refractivity contribution in [2.45, 2.75) is 79.8 Å². The van der Waals surface area contributed by atoms with E-state index < -0.39 is 0 Å². The number of aryl methyl sites for hydroxylation is 1. The van der Waals surface area contributed by atoms with Gasteiger partial charge in [-0.05, 0) is 38.1 Å². The highest BCUT2D eigenvalue weighted by atomic mass is 15.3. The molecular formula is C17H33N3. The summed E-state index contributed by atoms with van der Waals surface area (Å²) in [7, 11) is 0. The van der Waals surface area contributed by atoms with Gasteiger partial charge in [0.05, 0.1) is 11.7 Å². The Bertz CT molecular complexity index is 389. The van der Waals surface area contributed by atoms with Crippen LogP contribution in [0, 0.1) is 5.92 Å². The molecule has 0 aromatic carbocycles. The van der Waals surface area contributed by atoms with Crippen molar-refractivity contribution in [3.8, 4) is 0 Å². The Labute approximate surface area is 125 Å². The first-order valence-electron chi connectivity index (χ1n) is 8.38. The number of hydrogen-bond acceptors (Lipinski definition) is 2. The molecule has 116 valence electrons. The van der Waals surface area contributed by atoms with Crippen molar-refractivity contribution in [3.63, 3.8) is 0 Å². The fraction of sp³-hybridized carbons (Fsp3) is 0.824. The van der Waals surface area contributed by atoms with Gasteiger partial charge in [-0.1, -0.05) is 41.5 Å². The molecule has 0 amide bonds. The topological polar surface area (TPSA) is 29.9 Å². The minimum absolute atomic E-state index is 0.550. The minimum Gasteiger partial charge on any atom is -0.312 e. The Morgan fingerprint density at radius 3 is 2.15 bits per heavy atom. The van der Waals surface area contributed by atoms with Crippen LogP contribution in [-0.4, -0.2) is 16.3 Å². The summed E-state index contributed by atoms with van der Waals surface area (Å²) in [6.07, 6.45) is 4.42. The van der Waals surface area contributed by atoms with Crippen LogP contribution in [0.3, 0.4) is 0 Å². The van der Waals surface area contributed by atoms with E-state index in [1.807, 2.05) is 0 Å². The monoisotopic (exact) mass is 279 g/mol. The lowest BCUT2D eigenvalue weighted by molar-refractivity contribution is 0.412. The molecule has 0 aliphatic heterocycles. The molecule has 20 heavy (non-hydrogen) atoms. The number of aromatic nitrogens is 2. The van der Waals surface area contributed by atoms with Crippen molar-refractivity contribution in [2.75, 3.05) is 6.54 Å². The van der Waals surface area contributed by atoms with E-state index in [0.717, 1.165) is 38.8 Å². The van der Waals surface area contributed by atoms with Crippen LogP contribution in [0.2, 0.25) is 0 Å². The maximum Gasteiger partial charge on any atom is 0.0669 e. The van der Waals surface area contributed by atoms with Crippen molar-refractivity contribution < 1.29 is 0 Å². The molecule has 0 fully saturated rings. The number of rotatable bonds is 9. The lowest BCUT2D eigenvalue weighted by atomic mass is 10.1. The Morgan fingerprint density at radius 2 is 1.70 bits per heavy atom. The quantitative estimate of drug-likeness (QED) is 0.737. The molecule has 1 rings (SSSR count). The summed E-state index contributed by atoms with van der Waals surface area (Å²) < 4.78 is 2.31. The summed E-state index contributed by atoms with van der Waals surface area (Å²) in [4.78, 5) is 0. The summed E-state index contributed by atoms with van der Waals surface area (Å²) >= 11 is 0. The summed E-state index contributed by atoms with van der Waals surface area (Å²) in [5.41, 5.74) is 4.17. The molecule has 0 unspecified atom stereocenters. The molecule has 0 radical (unpaired) electrons. The van der Waals surface area contributed by atoms with Crippen LogP contribution in [0.15, 0.2) is 0 Å². The fourth-order valence-corrected chi connectivity index (χ4v) is 2.84. The second-order valence-electron chi connectivity index (χ2n) is 6.02. The van der Waals surface area contributed by atoms with Crippen LogP contribution in [-0.2, 0) is 19.4 Å². The van der Waals surface area contributed by atoms with Crippen LogP contribution in [0.25, 0.3) is 0 Å². The molecule has 0 bridgehead atoms. The highest BCUT2D eigenvalue weighted by Crippen LogP contribution is 2.23. The first-order chi connectivity index (χ1) is 9.58.